The molecule has 2 aromatic rings. The number of aromatic nitrogens is 1. The fraction of sp³-hybridized carbons (Fsp3) is 0.462. The molecule has 1 atom stereocenters. The molecule has 2 heterocycles. The van der Waals surface area contributed by atoms with Gasteiger partial charge in [-0.3, -0.25) is 0 Å². The number of benzene rings is 1. The molecular formula is C13H15ClN2S. The molecule has 90 valence electrons. The van der Waals surface area contributed by atoms with Gasteiger partial charge in [0.15, 0.2) is 0 Å². The Balaban J connectivity index is 1.83. The number of thiazole rings is 1. The Morgan fingerprint density at radius 1 is 1.47 bits per heavy atom. The predicted molar refractivity (Wildman–Crippen MR) is 73.9 cm³/mol. The number of rotatable bonds is 2. The summed E-state index contributed by atoms with van der Waals surface area (Å²) in [7, 11) is 0. The van der Waals surface area contributed by atoms with Crippen molar-refractivity contribution in [2.24, 2.45) is 5.92 Å². The van der Waals surface area contributed by atoms with Crippen molar-refractivity contribution in [1.29, 1.82) is 0 Å². The molecule has 4 heteroatoms. The zero-order valence-electron chi connectivity index (χ0n) is 9.58. The molecule has 0 aliphatic carbocycles. The van der Waals surface area contributed by atoms with Gasteiger partial charge in [0.05, 0.1) is 14.7 Å². The molecule has 1 fully saturated rings. The molecule has 1 saturated heterocycles. The zero-order valence-corrected chi connectivity index (χ0v) is 11.2. The SMILES string of the molecule is Clc1cccc2sc(CC3CCCNC3)nc12. The number of hydrogen-bond acceptors (Lipinski definition) is 3. The highest BCUT2D eigenvalue weighted by Crippen LogP contribution is 2.29. The van der Waals surface area contributed by atoms with E-state index in [1.54, 1.807) is 11.3 Å². The molecule has 0 saturated carbocycles. The van der Waals surface area contributed by atoms with Crippen molar-refractivity contribution in [3.63, 3.8) is 0 Å². The van der Waals surface area contributed by atoms with Crippen molar-refractivity contribution < 1.29 is 0 Å². The van der Waals surface area contributed by atoms with Gasteiger partial charge in [0.2, 0.25) is 0 Å². The minimum Gasteiger partial charge on any atom is -0.316 e. The Morgan fingerprint density at radius 2 is 2.41 bits per heavy atom. The first-order valence-corrected chi connectivity index (χ1v) is 7.27. The van der Waals surface area contributed by atoms with E-state index in [2.05, 4.69) is 16.4 Å². The van der Waals surface area contributed by atoms with Crippen LogP contribution in [0.15, 0.2) is 18.2 Å². The van der Waals surface area contributed by atoms with Gasteiger partial charge in [0.25, 0.3) is 0 Å². The first kappa shape index (κ1) is 11.5. The third kappa shape index (κ3) is 2.46. The molecule has 3 rings (SSSR count). The Hall–Kier alpha value is -0.640. The summed E-state index contributed by atoms with van der Waals surface area (Å²) in [4.78, 5) is 4.67. The third-order valence-electron chi connectivity index (χ3n) is 3.28. The van der Waals surface area contributed by atoms with Gasteiger partial charge in [-0.05, 0) is 44.0 Å². The minimum absolute atomic E-state index is 0.739. The van der Waals surface area contributed by atoms with Gasteiger partial charge in [0.1, 0.15) is 5.52 Å². The number of nitrogens with one attached hydrogen (secondary N) is 1. The molecule has 1 aromatic heterocycles. The highest BCUT2D eigenvalue weighted by molar-refractivity contribution is 7.18. The Labute approximate surface area is 110 Å². The summed E-state index contributed by atoms with van der Waals surface area (Å²) in [5, 5.41) is 5.45. The molecule has 0 radical (unpaired) electrons. The summed E-state index contributed by atoms with van der Waals surface area (Å²) < 4.78 is 1.20. The second-order valence-electron chi connectivity index (χ2n) is 4.61. The van der Waals surface area contributed by atoms with E-state index >= 15 is 0 Å². The van der Waals surface area contributed by atoms with Crippen LogP contribution in [-0.2, 0) is 6.42 Å². The maximum atomic E-state index is 6.14. The van der Waals surface area contributed by atoms with E-state index in [4.69, 9.17) is 11.6 Å². The largest absolute Gasteiger partial charge is 0.316 e. The van der Waals surface area contributed by atoms with Crippen molar-refractivity contribution in [2.75, 3.05) is 13.1 Å². The van der Waals surface area contributed by atoms with Crippen molar-refractivity contribution >= 4 is 33.2 Å². The number of piperidine rings is 1. The molecule has 1 aromatic carbocycles. The van der Waals surface area contributed by atoms with Gasteiger partial charge in [-0.25, -0.2) is 4.98 Å². The lowest BCUT2D eigenvalue weighted by Crippen LogP contribution is -2.30. The fourth-order valence-corrected chi connectivity index (χ4v) is 3.77. The van der Waals surface area contributed by atoms with Crippen molar-refractivity contribution in [2.45, 2.75) is 19.3 Å². The molecule has 0 spiro atoms. The monoisotopic (exact) mass is 266 g/mol. The van der Waals surface area contributed by atoms with E-state index in [1.807, 2.05) is 12.1 Å². The molecule has 0 bridgehead atoms. The number of para-hydroxylation sites is 1. The van der Waals surface area contributed by atoms with Crippen molar-refractivity contribution in [1.82, 2.24) is 10.3 Å². The quantitative estimate of drug-likeness (QED) is 0.900. The van der Waals surface area contributed by atoms with Gasteiger partial charge in [-0.2, -0.15) is 0 Å². The first-order valence-electron chi connectivity index (χ1n) is 6.07. The summed E-state index contributed by atoms with van der Waals surface area (Å²) in [6, 6.07) is 6.01. The topological polar surface area (TPSA) is 24.9 Å². The predicted octanol–water partition coefficient (Wildman–Crippen LogP) is 3.49. The Bertz CT molecular complexity index is 517. The lowest BCUT2D eigenvalue weighted by Gasteiger charge is -2.21. The molecule has 1 aliphatic rings. The average molecular weight is 267 g/mol. The number of hydrogen-bond donors (Lipinski definition) is 1. The number of fused-ring (bicyclic) bond motifs is 1. The zero-order chi connectivity index (χ0) is 11.7. The summed E-state index contributed by atoms with van der Waals surface area (Å²) in [6.45, 7) is 2.30. The van der Waals surface area contributed by atoms with E-state index in [0.29, 0.717) is 0 Å². The van der Waals surface area contributed by atoms with Crippen LogP contribution in [0.2, 0.25) is 5.02 Å². The van der Waals surface area contributed by atoms with E-state index in [-0.39, 0.29) is 0 Å². The van der Waals surface area contributed by atoms with Gasteiger partial charge in [0, 0.05) is 6.42 Å². The number of halogens is 1. The van der Waals surface area contributed by atoms with Gasteiger partial charge in [-0.15, -0.1) is 11.3 Å². The van der Waals surface area contributed by atoms with Crippen molar-refractivity contribution in [3.8, 4) is 0 Å². The summed E-state index contributed by atoms with van der Waals surface area (Å²) in [5.41, 5.74) is 0.970. The van der Waals surface area contributed by atoms with E-state index in [0.717, 1.165) is 29.4 Å². The summed E-state index contributed by atoms with van der Waals surface area (Å²) in [6.07, 6.45) is 3.69. The summed E-state index contributed by atoms with van der Waals surface area (Å²) in [5.74, 6) is 0.739. The standard InChI is InChI=1S/C13H15ClN2S/c14-10-4-1-5-11-13(10)16-12(17-11)7-9-3-2-6-15-8-9/h1,4-5,9,15H,2-3,6-8H2. The summed E-state index contributed by atoms with van der Waals surface area (Å²) >= 11 is 7.93. The maximum absolute atomic E-state index is 6.14. The van der Waals surface area contributed by atoms with Crippen LogP contribution in [0.4, 0.5) is 0 Å². The van der Waals surface area contributed by atoms with Gasteiger partial charge in [-0.1, -0.05) is 17.7 Å². The lowest BCUT2D eigenvalue weighted by molar-refractivity contribution is 0.376. The molecule has 1 N–H and O–H groups in total. The highest BCUT2D eigenvalue weighted by Gasteiger charge is 2.16. The normalized spacial score (nSPS) is 20.9. The average Bonchev–Trinajstić information content (AvgIpc) is 2.74. The van der Waals surface area contributed by atoms with Crippen molar-refractivity contribution in [3.05, 3.63) is 28.2 Å². The Kier molecular flexibility index (Phi) is 3.32. The molecule has 17 heavy (non-hydrogen) atoms. The van der Waals surface area contributed by atoms with Crippen LogP contribution < -0.4 is 5.32 Å². The van der Waals surface area contributed by atoms with Crippen LogP contribution in [0.5, 0.6) is 0 Å². The molecule has 1 unspecified atom stereocenters. The Morgan fingerprint density at radius 3 is 3.18 bits per heavy atom. The third-order valence-corrected chi connectivity index (χ3v) is 4.62. The molecule has 0 amide bonds. The second kappa shape index (κ2) is 4.92. The lowest BCUT2D eigenvalue weighted by atomic mass is 9.97. The van der Waals surface area contributed by atoms with E-state index in [9.17, 15) is 0 Å². The van der Waals surface area contributed by atoms with Crippen LogP contribution >= 0.6 is 22.9 Å². The van der Waals surface area contributed by atoms with Gasteiger partial charge < -0.3 is 5.32 Å². The highest BCUT2D eigenvalue weighted by atomic mass is 35.5. The van der Waals surface area contributed by atoms with Crippen LogP contribution in [-0.4, -0.2) is 18.1 Å². The van der Waals surface area contributed by atoms with Gasteiger partial charge >= 0.3 is 0 Å². The van der Waals surface area contributed by atoms with Crippen LogP contribution in [0.25, 0.3) is 10.2 Å². The second-order valence-corrected chi connectivity index (χ2v) is 6.13. The first-order chi connectivity index (χ1) is 8.33. The van der Waals surface area contributed by atoms with Crippen LogP contribution in [0.3, 0.4) is 0 Å². The van der Waals surface area contributed by atoms with Crippen LogP contribution in [0.1, 0.15) is 17.8 Å². The molecular weight excluding hydrogens is 252 g/mol. The van der Waals surface area contributed by atoms with Crippen LogP contribution in [0, 0.1) is 5.92 Å². The fourth-order valence-electron chi connectivity index (χ4n) is 2.39. The van der Waals surface area contributed by atoms with E-state index in [1.165, 1.54) is 29.1 Å². The van der Waals surface area contributed by atoms with E-state index < -0.39 is 0 Å². The maximum Gasteiger partial charge on any atom is 0.100 e. The minimum atomic E-state index is 0.739. The smallest absolute Gasteiger partial charge is 0.100 e. The molecule has 1 aliphatic heterocycles. The molecule has 2 nitrogen and oxygen atoms in total. The number of nitrogens with zero attached hydrogens (tertiary/aromatic N) is 1.